The molecule has 0 bridgehead atoms. The van der Waals surface area contributed by atoms with E-state index in [0.29, 0.717) is 11.4 Å². The molecule has 0 unspecified atom stereocenters. The van der Waals surface area contributed by atoms with Crippen LogP contribution in [0.3, 0.4) is 0 Å². The minimum Gasteiger partial charge on any atom is -0.496 e. The molecule has 0 fully saturated rings. The number of carbonyl (C=O) groups is 1. The van der Waals surface area contributed by atoms with Crippen molar-refractivity contribution in [3.8, 4) is 5.75 Å². The predicted octanol–water partition coefficient (Wildman–Crippen LogP) is 3.33. The summed E-state index contributed by atoms with van der Waals surface area (Å²) >= 11 is 3.38. The monoisotopic (exact) mass is 349 g/mol. The minimum atomic E-state index is -0.324. The summed E-state index contributed by atoms with van der Waals surface area (Å²) in [6.45, 7) is 0.161. The molecule has 2 N–H and O–H groups in total. The third-order valence-corrected chi connectivity index (χ3v) is 3.51. The van der Waals surface area contributed by atoms with Crippen LogP contribution in [-0.2, 0) is 22.6 Å². The molecule has 21 heavy (non-hydrogen) atoms. The number of nitrogen functional groups attached to an aromatic ring is 1. The Balaban J connectivity index is 1.98. The second-order valence-electron chi connectivity index (χ2n) is 4.49. The number of halogens is 1. The van der Waals surface area contributed by atoms with Crippen LogP contribution in [-0.4, -0.2) is 13.1 Å². The van der Waals surface area contributed by atoms with Crippen LogP contribution < -0.4 is 10.5 Å². The number of benzene rings is 2. The third kappa shape index (κ3) is 4.23. The molecule has 0 spiro atoms. The van der Waals surface area contributed by atoms with Gasteiger partial charge >= 0.3 is 5.97 Å². The van der Waals surface area contributed by atoms with Crippen molar-refractivity contribution in [2.24, 2.45) is 0 Å². The Bertz CT molecular complexity index is 643. The smallest absolute Gasteiger partial charge is 0.310 e. The van der Waals surface area contributed by atoms with Crippen LogP contribution in [0.25, 0.3) is 0 Å². The van der Waals surface area contributed by atoms with Gasteiger partial charge in [0.1, 0.15) is 12.4 Å². The molecule has 110 valence electrons. The van der Waals surface area contributed by atoms with Crippen molar-refractivity contribution in [3.05, 3.63) is 58.1 Å². The average molecular weight is 350 g/mol. The van der Waals surface area contributed by atoms with Crippen molar-refractivity contribution in [2.45, 2.75) is 13.0 Å². The summed E-state index contributed by atoms with van der Waals surface area (Å²) in [5.41, 5.74) is 7.97. The molecule has 2 rings (SSSR count). The molecule has 0 saturated heterocycles. The van der Waals surface area contributed by atoms with Crippen molar-refractivity contribution >= 4 is 27.6 Å². The number of para-hydroxylation sites is 1. The molecule has 0 aromatic heterocycles. The highest BCUT2D eigenvalue weighted by atomic mass is 79.9. The van der Waals surface area contributed by atoms with E-state index in [4.69, 9.17) is 15.2 Å². The van der Waals surface area contributed by atoms with Gasteiger partial charge in [-0.3, -0.25) is 4.79 Å². The number of ether oxygens (including phenoxy) is 2. The molecular weight excluding hydrogens is 334 g/mol. The number of carbonyl (C=O) groups excluding carboxylic acids is 1. The van der Waals surface area contributed by atoms with E-state index in [1.807, 2.05) is 36.4 Å². The highest BCUT2D eigenvalue weighted by Crippen LogP contribution is 2.24. The Morgan fingerprint density at radius 2 is 1.95 bits per heavy atom. The van der Waals surface area contributed by atoms with Gasteiger partial charge < -0.3 is 15.2 Å². The zero-order valence-corrected chi connectivity index (χ0v) is 13.2. The molecule has 5 heteroatoms. The molecule has 0 aliphatic rings. The van der Waals surface area contributed by atoms with Gasteiger partial charge in [0.2, 0.25) is 0 Å². The fraction of sp³-hybridized carbons (Fsp3) is 0.188. The molecule has 0 aliphatic carbocycles. The normalized spacial score (nSPS) is 10.2. The van der Waals surface area contributed by atoms with Crippen molar-refractivity contribution < 1.29 is 14.3 Å². The Morgan fingerprint density at radius 1 is 1.19 bits per heavy atom. The van der Waals surface area contributed by atoms with Crippen LogP contribution in [0.4, 0.5) is 5.69 Å². The number of rotatable bonds is 5. The zero-order chi connectivity index (χ0) is 15.2. The number of hydrogen-bond donors (Lipinski definition) is 1. The molecule has 4 nitrogen and oxygen atoms in total. The Hall–Kier alpha value is -2.01. The second kappa shape index (κ2) is 7.13. The van der Waals surface area contributed by atoms with Gasteiger partial charge in [0.05, 0.1) is 13.5 Å². The lowest BCUT2D eigenvalue weighted by atomic mass is 10.1. The third-order valence-electron chi connectivity index (χ3n) is 3.02. The molecule has 0 radical (unpaired) electrons. The van der Waals surface area contributed by atoms with E-state index in [1.54, 1.807) is 13.2 Å². The van der Waals surface area contributed by atoms with E-state index in [-0.39, 0.29) is 19.0 Å². The van der Waals surface area contributed by atoms with Gasteiger partial charge in [0, 0.05) is 15.7 Å². The van der Waals surface area contributed by atoms with Crippen molar-refractivity contribution in [1.29, 1.82) is 0 Å². The highest BCUT2D eigenvalue weighted by Gasteiger charge is 2.10. The molecule has 2 aromatic carbocycles. The predicted molar refractivity (Wildman–Crippen MR) is 85.0 cm³/mol. The maximum atomic E-state index is 11.9. The standard InChI is InChI=1S/C16H16BrNO3/c1-20-15-7-6-13(17)8-12(15)10-21-16(19)9-11-4-2-3-5-14(11)18/h2-8H,9-10,18H2,1H3. The fourth-order valence-corrected chi connectivity index (χ4v) is 2.33. The van der Waals surface area contributed by atoms with Gasteiger partial charge in [-0.2, -0.15) is 0 Å². The van der Waals surface area contributed by atoms with E-state index >= 15 is 0 Å². The second-order valence-corrected chi connectivity index (χ2v) is 5.41. The first-order valence-electron chi connectivity index (χ1n) is 6.41. The van der Waals surface area contributed by atoms with Crippen molar-refractivity contribution in [1.82, 2.24) is 0 Å². The van der Waals surface area contributed by atoms with Gasteiger partial charge in [0.25, 0.3) is 0 Å². The first-order valence-corrected chi connectivity index (χ1v) is 7.21. The van der Waals surface area contributed by atoms with Crippen LogP contribution in [0.2, 0.25) is 0 Å². The first kappa shape index (κ1) is 15.4. The average Bonchev–Trinajstić information content (AvgIpc) is 2.48. The van der Waals surface area contributed by atoms with E-state index in [0.717, 1.165) is 15.6 Å². The molecule has 0 heterocycles. The Labute approximate surface area is 132 Å². The van der Waals surface area contributed by atoms with Gasteiger partial charge in [0.15, 0.2) is 0 Å². The number of methoxy groups -OCH3 is 1. The molecule has 2 aromatic rings. The zero-order valence-electron chi connectivity index (χ0n) is 11.6. The maximum absolute atomic E-state index is 11.9. The summed E-state index contributed by atoms with van der Waals surface area (Å²) < 4.78 is 11.4. The first-order chi connectivity index (χ1) is 10.1. The number of nitrogens with two attached hydrogens (primary N) is 1. The molecule has 0 atom stereocenters. The summed E-state index contributed by atoms with van der Waals surface area (Å²) in [5, 5.41) is 0. The SMILES string of the molecule is COc1ccc(Br)cc1COC(=O)Cc1ccccc1N. The summed E-state index contributed by atoms with van der Waals surface area (Å²) in [6.07, 6.45) is 0.156. The summed E-state index contributed by atoms with van der Waals surface area (Å²) in [4.78, 5) is 11.9. The number of esters is 1. The van der Waals surface area contributed by atoms with Gasteiger partial charge in [-0.25, -0.2) is 0 Å². The lowest BCUT2D eigenvalue weighted by Gasteiger charge is -2.10. The Kier molecular flexibility index (Phi) is 5.22. The molecule has 0 amide bonds. The molecular formula is C16H16BrNO3. The van der Waals surface area contributed by atoms with Crippen molar-refractivity contribution in [2.75, 3.05) is 12.8 Å². The van der Waals surface area contributed by atoms with Gasteiger partial charge in [-0.05, 0) is 29.8 Å². The van der Waals surface area contributed by atoms with E-state index in [1.165, 1.54) is 0 Å². The van der Waals surface area contributed by atoms with E-state index < -0.39 is 0 Å². The summed E-state index contributed by atoms with van der Waals surface area (Å²) in [7, 11) is 1.58. The quantitative estimate of drug-likeness (QED) is 0.664. The van der Waals surface area contributed by atoms with Gasteiger partial charge in [-0.1, -0.05) is 34.1 Å². The van der Waals surface area contributed by atoms with E-state index in [2.05, 4.69) is 15.9 Å². The summed E-state index contributed by atoms with van der Waals surface area (Å²) in [5.74, 6) is 0.361. The molecule has 0 saturated carbocycles. The Morgan fingerprint density at radius 3 is 2.67 bits per heavy atom. The fourth-order valence-electron chi connectivity index (χ4n) is 1.92. The van der Waals surface area contributed by atoms with Crippen LogP contribution >= 0.6 is 15.9 Å². The van der Waals surface area contributed by atoms with Crippen LogP contribution in [0.5, 0.6) is 5.75 Å². The van der Waals surface area contributed by atoms with E-state index in [9.17, 15) is 4.79 Å². The van der Waals surface area contributed by atoms with Crippen molar-refractivity contribution in [3.63, 3.8) is 0 Å². The van der Waals surface area contributed by atoms with Gasteiger partial charge in [-0.15, -0.1) is 0 Å². The largest absolute Gasteiger partial charge is 0.496 e. The highest BCUT2D eigenvalue weighted by molar-refractivity contribution is 9.10. The lowest BCUT2D eigenvalue weighted by molar-refractivity contribution is -0.144. The maximum Gasteiger partial charge on any atom is 0.310 e. The molecule has 0 aliphatic heterocycles. The number of hydrogen-bond acceptors (Lipinski definition) is 4. The van der Waals surface area contributed by atoms with Crippen LogP contribution in [0.1, 0.15) is 11.1 Å². The number of anilines is 1. The topological polar surface area (TPSA) is 61.5 Å². The minimum absolute atomic E-state index is 0.156. The summed E-state index contributed by atoms with van der Waals surface area (Å²) in [6, 6.07) is 12.8. The van der Waals surface area contributed by atoms with Crippen LogP contribution in [0, 0.1) is 0 Å². The van der Waals surface area contributed by atoms with Crippen LogP contribution in [0.15, 0.2) is 46.9 Å². The lowest BCUT2D eigenvalue weighted by Crippen LogP contribution is -2.10.